The molecule has 5 heteroatoms. The number of hydrogen-bond acceptors (Lipinski definition) is 2. The zero-order chi connectivity index (χ0) is 14.5. The molecule has 0 spiro atoms. The van der Waals surface area contributed by atoms with Crippen LogP contribution in [0.4, 0.5) is 0 Å². The summed E-state index contributed by atoms with van der Waals surface area (Å²) >= 11 is 6.00. The van der Waals surface area contributed by atoms with Gasteiger partial charge in [0.25, 0.3) is 5.56 Å². The van der Waals surface area contributed by atoms with Crippen molar-refractivity contribution in [3.05, 3.63) is 69.1 Å². The van der Waals surface area contributed by atoms with E-state index in [-0.39, 0.29) is 24.4 Å². The second kappa shape index (κ2) is 6.39. The van der Waals surface area contributed by atoms with Crippen molar-refractivity contribution in [2.75, 3.05) is 0 Å². The van der Waals surface area contributed by atoms with Crippen LogP contribution in [0.15, 0.2) is 47.4 Å². The van der Waals surface area contributed by atoms with Gasteiger partial charge in [0.2, 0.25) is 5.91 Å². The number of carbonyl (C=O) groups excluding carboxylic acids is 1. The van der Waals surface area contributed by atoms with Gasteiger partial charge in [-0.1, -0.05) is 35.9 Å². The fourth-order valence-corrected chi connectivity index (χ4v) is 2.06. The summed E-state index contributed by atoms with van der Waals surface area (Å²) in [4.78, 5) is 23.6. The van der Waals surface area contributed by atoms with Gasteiger partial charge in [-0.05, 0) is 17.7 Å². The Balaban J connectivity index is 1.98. The third kappa shape index (κ3) is 3.48. The maximum Gasteiger partial charge on any atom is 0.255 e. The highest BCUT2D eigenvalue weighted by Gasteiger charge is 2.07. The molecule has 1 amide bonds. The molecule has 4 nitrogen and oxygen atoms in total. The summed E-state index contributed by atoms with van der Waals surface area (Å²) in [7, 11) is 1.68. The average molecular weight is 291 g/mol. The van der Waals surface area contributed by atoms with Crippen LogP contribution in [-0.2, 0) is 24.8 Å². The van der Waals surface area contributed by atoms with Gasteiger partial charge in [-0.3, -0.25) is 9.59 Å². The number of pyridine rings is 1. The summed E-state index contributed by atoms with van der Waals surface area (Å²) in [5, 5.41) is 3.30. The molecule has 0 bridgehead atoms. The van der Waals surface area contributed by atoms with Gasteiger partial charge < -0.3 is 9.88 Å². The summed E-state index contributed by atoms with van der Waals surface area (Å²) in [6, 6.07) is 10.7. The van der Waals surface area contributed by atoms with E-state index in [0.717, 1.165) is 5.56 Å². The summed E-state index contributed by atoms with van der Waals surface area (Å²) in [6.45, 7) is 0.219. The van der Waals surface area contributed by atoms with Crippen molar-refractivity contribution in [2.45, 2.75) is 13.0 Å². The van der Waals surface area contributed by atoms with Crippen LogP contribution in [0.25, 0.3) is 0 Å². The first-order valence-electron chi connectivity index (χ1n) is 6.22. The van der Waals surface area contributed by atoms with Crippen LogP contribution < -0.4 is 10.9 Å². The number of hydrogen-bond donors (Lipinski definition) is 1. The van der Waals surface area contributed by atoms with E-state index < -0.39 is 0 Å². The van der Waals surface area contributed by atoms with E-state index in [1.54, 1.807) is 31.4 Å². The van der Waals surface area contributed by atoms with Gasteiger partial charge in [-0.15, -0.1) is 0 Å². The summed E-state index contributed by atoms with van der Waals surface area (Å²) in [5.74, 6) is -0.163. The molecular formula is C15H15ClN2O2. The maximum absolute atomic E-state index is 11.9. The van der Waals surface area contributed by atoms with E-state index in [9.17, 15) is 9.59 Å². The van der Waals surface area contributed by atoms with Gasteiger partial charge in [0.15, 0.2) is 0 Å². The zero-order valence-corrected chi connectivity index (χ0v) is 11.9. The van der Waals surface area contributed by atoms with Crippen LogP contribution >= 0.6 is 11.6 Å². The lowest BCUT2D eigenvalue weighted by Crippen LogP contribution is -2.29. The zero-order valence-electron chi connectivity index (χ0n) is 11.1. The molecule has 1 N–H and O–H groups in total. The predicted molar refractivity (Wildman–Crippen MR) is 78.7 cm³/mol. The lowest BCUT2D eigenvalue weighted by atomic mass is 10.1. The van der Waals surface area contributed by atoms with E-state index >= 15 is 0 Å². The van der Waals surface area contributed by atoms with Gasteiger partial charge in [0.05, 0.1) is 6.42 Å². The van der Waals surface area contributed by atoms with Crippen molar-refractivity contribution in [1.29, 1.82) is 0 Å². The number of nitrogens with zero attached hydrogens (tertiary/aromatic N) is 1. The molecular weight excluding hydrogens is 276 g/mol. The van der Waals surface area contributed by atoms with Crippen molar-refractivity contribution in [2.24, 2.45) is 7.05 Å². The molecule has 0 radical (unpaired) electrons. The van der Waals surface area contributed by atoms with Crippen LogP contribution in [-0.4, -0.2) is 10.5 Å². The largest absolute Gasteiger partial charge is 0.352 e. The first-order chi connectivity index (χ1) is 9.58. The van der Waals surface area contributed by atoms with Crippen molar-refractivity contribution >= 4 is 17.5 Å². The van der Waals surface area contributed by atoms with E-state index in [1.165, 1.54) is 4.57 Å². The Morgan fingerprint density at radius 1 is 1.20 bits per heavy atom. The number of amides is 1. The second-order valence-corrected chi connectivity index (χ2v) is 4.90. The lowest BCUT2D eigenvalue weighted by Gasteiger charge is -2.07. The van der Waals surface area contributed by atoms with Crippen molar-refractivity contribution in [3.8, 4) is 0 Å². The minimum absolute atomic E-state index is 0.106. The molecule has 20 heavy (non-hydrogen) atoms. The number of benzene rings is 1. The van der Waals surface area contributed by atoms with Crippen LogP contribution in [0.3, 0.4) is 0 Å². The Bertz CT molecular complexity index is 680. The molecule has 0 aliphatic carbocycles. The van der Waals surface area contributed by atoms with E-state index in [1.807, 2.05) is 18.2 Å². The second-order valence-electron chi connectivity index (χ2n) is 4.49. The third-order valence-electron chi connectivity index (χ3n) is 2.99. The van der Waals surface area contributed by atoms with Crippen molar-refractivity contribution in [3.63, 3.8) is 0 Å². The Morgan fingerprint density at radius 3 is 2.65 bits per heavy atom. The highest BCUT2D eigenvalue weighted by Crippen LogP contribution is 2.15. The Morgan fingerprint density at radius 2 is 1.90 bits per heavy atom. The van der Waals surface area contributed by atoms with Crippen LogP contribution in [0, 0.1) is 0 Å². The highest BCUT2D eigenvalue weighted by molar-refractivity contribution is 6.31. The predicted octanol–water partition coefficient (Wildman–Crippen LogP) is 1.90. The summed E-state index contributed by atoms with van der Waals surface area (Å²) < 4.78 is 1.48. The molecule has 0 atom stereocenters. The fourth-order valence-electron chi connectivity index (χ4n) is 1.86. The minimum atomic E-state index is -0.163. The SMILES string of the molecule is Cn1cccc(CNC(=O)Cc2ccccc2Cl)c1=O. The number of carbonyl (C=O) groups is 1. The monoisotopic (exact) mass is 290 g/mol. The minimum Gasteiger partial charge on any atom is -0.352 e. The van der Waals surface area contributed by atoms with Gasteiger partial charge >= 0.3 is 0 Å². The molecule has 0 saturated heterocycles. The van der Waals surface area contributed by atoms with Gasteiger partial charge in [0.1, 0.15) is 0 Å². The number of aryl methyl sites for hydroxylation is 1. The highest BCUT2D eigenvalue weighted by atomic mass is 35.5. The molecule has 2 rings (SSSR count). The van der Waals surface area contributed by atoms with Crippen LogP contribution in [0.2, 0.25) is 5.02 Å². The summed E-state index contributed by atoms with van der Waals surface area (Å²) in [5.41, 5.74) is 1.22. The van der Waals surface area contributed by atoms with Crippen molar-refractivity contribution in [1.82, 2.24) is 9.88 Å². The number of nitrogens with one attached hydrogen (secondary N) is 1. The van der Waals surface area contributed by atoms with E-state index in [2.05, 4.69) is 5.32 Å². The molecule has 0 aliphatic rings. The smallest absolute Gasteiger partial charge is 0.255 e. The fraction of sp³-hybridized carbons (Fsp3) is 0.200. The number of aromatic nitrogens is 1. The molecule has 2 aromatic rings. The molecule has 0 unspecified atom stereocenters. The van der Waals surface area contributed by atoms with E-state index in [4.69, 9.17) is 11.6 Å². The number of rotatable bonds is 4. The Kier molecular flexibility index (Phi) is 4.58. The average Bonchev–Trinajstić information content (AvgIpc) is 2.43. The molecule has 1 heterocycles. The topological polar surface area (TPSA) is 51.1 Å². The van der Waals surface area contributed by atoms with Gasteiger partial charge in [0, 0.05) is 30.4 Å². The first kappa shape index (κ1) is 14.3. The van der Waals surface area contributed by atoms with Gasteiger partial charge in [-0.25, -0.2) is 0 Å². The molecule has 0 aliphatic heterocycles. The Labute approximate surface area is 122 Å². The first-order valence-corrected chi connectivity index (χ1v) is 6.60. The molecule has 104 valence electrons. The molecule has 1 aromatic heterocycles. The molecule has 0 saturated carbocycles. The summed E-state index contributed by atoms with van der Waals surface area (Å²) in [6.07, 6.45) is 1.88. The lowest BCUT2D eigenvalue weighted by molar-refractivity contribution is -0.120. The standard InChI is InChI=1S/C15H15ClN2O2/c1-18-8-4-6-12(15(18)20)10-17-14(19)9-11-5-2-3-7-13(11)16/h2-8H,9-10H2,1H3,(H,17,19). The number of halogens is 1. The normalized spacial score (nSPS) is 10.3. The van der Waals surface area contributed by atoms with E-state index in [0.29, 0.717) is 10.6 Å². The Hall–Kier alpha value is -2.07. The van der Waals surface area contributed by atoms with Crippen LogP contribution in [0.1, 0.15) is 11.1 Å². The maximum atomic E-state index is 11.9. The van der Waals surface area contributed by atoms with Gasteiger partial charge in [-0.2, -0.15) is 0 Å². The quantitative estimate of drug-likeness (QED) is 0.935. The molecule has 1 aromatic carbocycles. The third-order valence-corrected chi connectivity index (χ3v) is 3.36. The van der Waals surface area contributed by atoms with Crippen molar-refractivity contribution < 1.29 is 4.79 Å². The van der Waals surface area contributed by atoms with Crippen LogP contribution in [0.5, 0.6) is 0 Å². The molecule has 0 fully saturated rings.